The van der Waals surface area contributed by atoms with Gasteiger partial charge >= 0.3 is 12.0 Å². The maximum absolute atomic E-state index is 15.1. The molecular formula is C29H33F2N3O5. The third-order valence-corrected chi connectivity index (χ3v) is 5.55. The molecule has 0 aliphatic rings. The van der Waals surface area contributed by atoms with Crippen LogP contribution in [0, 0.1) is 0 Å². The zero-order valence-electron chi connectivity index (χ0n) is 22.1. The number of carbonyl (C=O) groups is 2. The van der Waals surface area contributed by atoms with Crippen LogP contribution < -0.4 is 15.4 Å². The Kier molecular flexibility index (Phi) is 9.95. The van der Waals surface area contributed by atoms with E-state index in [1.807, 2.05) is 12.1 Å². The number of aliphatic hydroxyl groups excluding tert-OH is 1. The van der Waals surface area contributed by atoms with Crippen LogP contribution in [0.3, 0.4) is 0 Å². The molecule has 0 radical (unpaired) electrons. The predicted octanol–water partition coefficient (Wildman–Crippen LogP) is 4.41. The minimum absolute atomic E-state index is 0.147. The van der Waals surface area contributed by atoms with Crippen molar-refractivity contribution >= 4 is 12.0 Å². The van der Waals surface area contributed by atoms with E-state index < -0.39 is 35.7 Å². The first kappa shape index (κ1) is 29.5. The average molecular weight is 542 g/mol. The second-order valence-corrected chi connectivity index (χ2v) is 9.95. The molecule has 0 bridgehead atoms. The Morgan fingerprint density at radius 2 is 1.62 bits per heavy atom. The number of amides is 2. The van der Waals surface area contributed by atoms with Crippen LogP contribution in [0.1, 0.15) is 37.6 Å². The monoisotopic (exact) mass is 541 g/mol. The second-order valence-electron chi connectivity index (χ2n) is 9.95. The molecule has 3 rings (SSSR count). The zero-order valence-corrected chi connectivity index (χ0v) is 22.1. The highest BCUT2D eigenvalue weighted by Crippen LogP contribution is 2.25. The van der Waals surface area contributed by atoms with E-state index in [-0.39, 0.29) is 19.6 Å². The molecule has 0 saturated heterocycles. The van der Waals surface area contributed by atoms with Crippen LogP contribution in [-0.2, 0) is 29.1 Å². The lowest BCUT2D eigenvalue weighted by molar-refractivity contribution is -0.167. The summed E-state index contributed by atoms with van der Waals surface area (Å²) in [5.41, 5.74) is 0.965. The van der Waals surface area contributed by atoms with Gasteiger partial charge in [-0.2, -0.15) is 8.78 Å². The number of ether oxygens (including phenoxy) is 2. The summed E-state index contributed by atoms with van der Waals surface area (Å²) in [7, 11) is 0. The molecule has 3 aromatic rings. The highest BCUT2D eigenvalue weighted by atomic mass is 19.3. The molecule has 208 valence electrons. The predicted molar refractivity (Wildman–Crippen MR) is 141 cm³/mol. The van der Waals surface area contributed by atoms with Crippen LogP contribution in [0.25, 0.3) is 0 Å². The van der Waals surface area contributed by atoms with Gasteiger partial charge in [0.2, 0.25) is 0 Å². The van der Waals surface area contributed by atoms with Gasteiger partial charge in [-0.15, -0.1) is 0 Å². The summed E-state index contributed by atoms with van der Waals surface area (Å²) in [6, 6.07) is 19.0. The van der Waals surface area contributed by atoms with Crippen molar-refractivity contribution in [1.29, 1.82) is 0 Å². The van der Waals surface area contributed by atoms with Gasteiger partial charge < -0.3 is 25.2 Å². The number of carbonyl (C=O) groups excluding carboxylic acids is 2. The highest BCUT2D eigenvalue weighted by molar-refractivity contribution is 5.84. The molecule has 8 nitrogen and oxygen atoms in total. The van der Waals surface area contributed by atoms with Gasteiger partial charge in [-0.25, -0.2) is 4.79 Å². The molecule has 2 amide bonds. The number of hydrogen-bond donors (Lipinski definition) is 3. The first-order chi connectivity index (χ1) is 18.4. The van der Waals surface area contributed by atoms with Gasteiger partial charge in [-0.05, 0) is 62.6 Å². The Morgan fingerprint density at radius 1 is 0.949 bits per heavy atom. The summed E-state index contributed by atoms with van der Waals surface area (Å²) in [5, 5.41) is 15.1. The van der Waals surface area contributed by atoms with Crippen LogP contribution in [0.15, 0.2) is 79.0 Å². The Balaban J connectivity index is 1.71. The Labute approximate surface area is 226 Å². The van der Waals surface area contributed by atoms with E-state index in [4.69, 9.17) is 9.47 Å². The van der Waals surface area contributed by atoms with Gasteiger partial charge in [0.15, 0.2) is 0 Å². The minimum atomic E-state index is -4.21. The molecule has 10 heteroatoms. The fourth-order valence-corrected chi connectivity index (χ4v) is 3.60. The van der Waals surface area contributed by atoms with Crippen molar-refractivity contribution in [3.8, 4) is 5.75 Å². The Morgan fingerprint density at radius 3 is 2.23 bits per heavy atom. The SMILES string of the molecule is CC(C)(C)OC(=O)NC(Cc1ccc(OCc2ccccn2)cc1)C(O)C(F)(F)C(=O)NCc1ccccc1. The average Bonchev–Trinajstić information content (AvgIpc) is 2.90. The molecule has 0 fully saturated rings. The summed E-state index contributed by atoms with van der Waals surface area (Å²) < 4.78 is 41.1. The van der Waals surface area contributed by atoms with Crippen LogP contribution in [0.2, 0.25) is 0 Å². The third kappa shape index (κ3) is 9.33. The quantitative estimate of drug-likeness (QED) is 0.332. The normalized spacial score (nSPS) is 13.2. The van der Waals surface area contributed by atoms with E-state index in [0.717, 1.165) is 5.69 Å². The van der Waals surface area contributed by atoms with E-state index in [1.54, 1.807) is 87.6 Å². The molecule has 2 unspecified atom stereocenters. The molecule has 1 aromatic heterocycles. The molecule has 1 heterocycles. The molecule has 2 atom stereocenters. The van der Waals surface area contributed by atoms with Crippen molar-refractivity contribution in [3.05, 3.63) is 95.8 Å². The summed E-state index contributed by atoms with van der Waals surface area (Å²) in [5.74, 6) is -5.35. The van der Waals surface area contributed by atoms with Gasteiger partial charge in [0, 0.05) is 12.7 Å². The number of alkyl halides is 2. The Bertz CT molecular complexity index is 1200. The van der Waals surface area contributed by atoms with Crippen LogP contribution in [0.5, 0.6) is 5.75 Å². The molecule has 0 saturated carbocycles. The standard InChI is InChI=1S/C29H33F2N3O5/c1-28(2,3)39-27(37)34-24(25(35)29(30,31)26(36)33-18-21-9-5-4-6-10-21)17-20-12-14-23(15-13-20)38-19-22-11-7-8-16-32-22/h4-16,24-25,35H,17-19H2,1-3H3,(H,33,36)(H,34,37). The van der Waals surface area contributed by atoms with Gasteiger partial charge in [-0.3, -0.25) is 9.78 Å². The van der Waals surface area contributed by atoms with E-state index in [9.17, 15) is 14.7 Å². The van der Waals surface area contributed by atoms with Crippen molar-refractivity contribution in [2.24, 2.45) is 0 Å². The third-order valence-electron chi connectivity index (χ3n) is 5.55. The lowest BCUT2D eigenvalue weighted by Crippen LogP contribution is -2.58. The first-order valence-electron chi connectivity index (χ1n) is 12.4. The summed E-state index contributed by atoms with van der Waals surface area (Å²) in [6.45, 7) is 4.95. The van der Waals surface area contributed by atoms with Crippen LogP contribution in [0.4, 0.5) is 13.6 Å². The molecule has 2 aromatic carbocycles. The minimum Gasteiger partial charge on any atom is -0.487 e. The fourth-order valence-electron chi connectivity index (χ4n) is 3.60. The number of pyridine rings is 1. The largest absolute Gasteiger partial charge is 0.487 e. The number of benzene rings is 2. The van der Waals surface area contributed by atoms with Crippen molar-refractivity contribution in [2.75, 3.05) is 0 Å². The number of aromatic nitrogens is 1. The summed E-state index contributed by atoms with van der Waals surface area (Å²) in [4.78, 5) is 29.0. The maximum atomic E-state index is 15.1. The lowest BCUT2D eigenvalue weighted by atomic mass is 9.96. The van der Waals surface area contributed by atoms with Gasteiger partial charge in [-0.1, -0.05) is 48.5 Å². The highest BCUT2D eigenvalue weighted by Gasteiger charge is 2.50. The molecular weight excluding hydrogens is 508 g/mol. The number of nitrogens with one attached hydrogen (secondary N) is 2. The topological polar surface area (TPSA) is 110 Å². The van der Waals surface area contributed by atoms with Crippen LogP contribution >= 0.6 is 0 Å². The number of rotatable bonds is 11. The smallest absolute Gasteiger partial charge is 0.407 e. The van der Waals surface area contributed by atoms with Crippen molar-refractivity contribution in [1.82, 2.24) is 15.6 Å². The first-order valence-corrected chi connectivity index (χ1v) is 12.4. The van der Waals surface area contributed by atoms with Crippen molar-refractivity contribution < 1.29 is 33.0 Å². The molecule has 0 aliphatic carbocycles. The number of hydrogen-bond acceptors (Lipinski definition) is 6. The molecule has 39 heavy (non-hydrogen) atoms. The van der Waals surface area contributed by atoms with Gasteiger partial charge in [0.25, 0.3) is 5.91 Å². The number of alkyl carbamates (subject to hydrolysis) is 1. The van der Waals surface area contributed by atoms with Crippen molar-refractivity contribution in [2.45, 2.75) is 64.0 Å². The molecule has 0 spiro atoms. The zero-order chi connectivity index (χ0) is 28.5. The number of halogens is 2. The summed E-state index contributed by atoms with van der Waals surface area (Å²) in [6.07, 6.45) is -2.09. The van der Waals surface area contributed by atoms with E-state index >= 15 is 8.78 Å². The van der Waals surface area contributed by atoms with E-state index in [0.29, 0.717) is 16.9 Å². The van der Waals surface area contributed by atoms with E-state index in [1.165, 1.54) is 0 Å². The fraction of sp³-hybridized carbons (Fsp3) is 0.345. The molecule has 3 N–H and O–H groups in total. The van der Waals surface area contributed by atoms with Crippen molar-refractivity contribution in [3.63, 3.8) is 0 Å². The lowest BCUT2D eigenvalue weighted by Gasteiger charge is -2.30. The van der Waals surface area contributed by atoms with E-state index in [2.05, 4.69) is 15.6 Å². The summed E-state index contributed by atoms with van der Waals surface area (Å²) >= 11 is 0. The molecule has 0 aliphatic heterocycles. The second kappa shape index (κ2) is 13.1. The number of nitrogens with zero attached hydrogens (tertiary/aromatic N) is 1. The van der Waals surface area contributed by atoms with Gasteiger partial charge in [0.05, 0.1) is 11.7 Å². The maximum Gasteiger partial charge on any atom is 0.407 e. The van der Waals surface area contributed by atoms with Crippen LogP contribution in [-0.4, -0.2) is 45.8 Å². The number of aliphatic hydroxyl groups is 1. The van der Waals surface area contributed by atoms with Gasteiger partial charge in [0.1, 0.15) is 24.1 Å². The Hall–Kier alpha value is -4.05.